The van der Waals surface area contributed by atoms with Gasteiger partial charge in [-0.1, -0.05) is 41.9 Å². The van der Waals surface area contributed by atoms with E-state index in [9.17, 15) is 18.0 Å². The molecule has 1 aliphatic heterocycles. The number of piperazine rings is 1. The fraction of sp³-hybridized carbons (Fsp3) is 0.381. The van der Waals surface area contributed by atoms with E-state index in [1.807, 2.05) is 37.4 Å². The maximum absolute atomic E-state index is 13.6. The molecule has 1 N–H and O–H groups in total. The van der Waals surface area contributed by atoms with E-state index in [2.05, 4.69) is 10.2 Å². The van der Waals surface area contributed by atoms with Gasteiger partial charge in [-0.25, -0.2) is 4.79 Å². The molecule has 30 heavy (non-hydrogen) atoms. The summed E-state index contributed by atoms with van der Waals surface area (Å²) in [5.41, 5.74) is 1.34. The second kappa shape index (κ2) is 9.68. The molecule has 0 aliphatic carbocycles. The van der Waals surface area contributed by atoms with E-state index >= 15 is 0 Å². The quantitative estimate of drug-likeness (QED) is 0.723. The highest BCUT2D eigenvalue weighted by atomic mass is 35.5. The maximum Gasteiger partial charge on any atom is 0.426 e. The highest BCUT2D eigenvalue weighted by molar-refractivity contribution is 6.30. The zero-order valence-electron chi connectivity index (χ0n) is 16.4. The number of carbonyl (C=O) groups is 1. The Kier molecular flexibility index (Phi) is 7.23. The van der Waals surface area contributed by atoms with Gasteiger partial charge in [-0.05, 0) is 36.9 Å². The summed E-state index contributed by atoms with van der Waals surface area (Å²) in [5, 5.41) is 2.75. The van der Waals surface area contributed by atoms with Gasteiger partial charge in [0, 0.05) is 42.9 Å². The van der Waals surface area contributed by atoms with Crippen LogP contribution in [0.25, 0.3) is 0 Å². The Morgan fingerprint density at radius 3 is 2.47 bits per heavy atom. The van der Waals surface area contributed by atoms with Gasteiger partial charge in [0.05, 0.1) is 0 Å². The number of anilines is 1. The van der Waals surface area contributed by atoms with Crippen LogP contribution in [0.1, 0.15) is 11.6 Å². The first-order valence-electron chi connectivity index (χ1n) is 9.50. The second-order valence-corrected chi connectivity index (χ2v) is 7.67. The first kappa shape index (κ1) is 22.4. The zero-order chi connectivity index (χ0) is 21.7. The van der Waals surface area contributed by atoms with Crippen molar-refractivity contribution in [2.24, 2.45) is 0 Å². The standard InChI is InChI=1S/C21H23ClF3N3O2/c1-27-11-12-28(13-18(27)15-5-3-2-4-6-15)14-19(21(23,24)25)30-20(29)26-17-9-7-16(22)8-10-17/h2-10,18-19H,11-14H2,1H3,(H,26,29)/t18-,19?/m1/s1. The fourth-order valence-corrected chi connectivity index (χ4v) is 3.51. The summed E-state index contributed by atoms with van der Waals surface area (Å²) in [5.74, 6) is 0. The molecule has 0 radical (unpaired) electrons. The monoisotopic (exact) mass is 441 g/mol. The van der Waals surface area contributed by atoms with Crippen LogP contribution in [0.5, 0.6) is 0 Å². The minimum Gasteiger partial charge on any atom is -0.435 e. The number of nitrogens with one attached hydrogen (secondary N) is 1. The number of rotatable bonds is 5. The lowest BCUT2D eigenvalue weighted by Crippen LogP contribution is -2.52. The van der Waals surface area contributed by atoms with Crippen molar-refractivity contribution < 1.29 is 22.7 Å². The van der Waals surface area contributed by atoms with Crippen molar-refractivity contribution in [2.75, 3.05) is 38.5 Å². The molecule has 9 heteroatoms. The van der Waals surface area contributed by atoms with Crippen molar-refractivity contribution in [1.82, 2.24) is 9.80 Å². The highest BCUT2D eigenvalue weighted by Crippen LogP contribution is 2.28. The smallest absolute Gasteiger partial charge is 0.426 e. The molecule has 1 heterocycles. The number of carbonyl (C=O) groups excluding carboxylic acids is 1. The molecule has 1 aliphatic rings. The number of amides is 1. The molecule has 1 saturated heterocycles. The van der Waals surface area contributed by atoms with Gasteiger partial charge in [0.15, 0.2) is 0 Å². The Hall–Kier alpha value is -2.29. The fourth-order valence-electron chi connectivity index (χ4n) is 3.38. The molecule has 1 fully saturated rings. The third-order valence-corrected chi connectivity index (χ3v) is 5.30. The lowest BCUT2D eigenvalue weighted by atomic mass is 10.0. The van der Waals surface area contributed by atoms with Crippen LogP contribution in [0.2, 0.25) is 5.02 Å². The van der Waals surface area contributed by atoms with Crippen LogP contribution in [0, 0.1) is 0 Å². The predicted octanol–water partition coefficient (Wildman–Crippen LogP) is 4.81. The van der Waals surface area contributed by atoms with Crippen LogP contribution in [-0.2, 0) is 4.74 Å². The van der Waals surface area contributed by atoms with Gasteiger partial charge < -0.3 is 4.74 Å². The average Bonchev–Trinajstić information content (AvgIpc) is 2.70. The molecule has 2 atom stereocenters. The summed E-state index contributed by atoms with van der Waals surface area (Å²) in [4.78, 5) is 15.8. The van der Waals surface area contributed by atoms with E-state index in [1.165, 1.54) is 24.3 Å². The molecule has 0 bridgehead atoms. The number of likely N-dealkylation sites (N-methyl/N-ethyl adjacent to an activating group) is 1. The third kappa shape index (κ3) is 6.10. The summed E-state index contributed by atoms with van der Waals surface area (Å²) < 4.78 is 45.4. The summed E-state index contributed by atoms with van der Waals surface area (Å²) in [6, 6.07) is 15.6. The minimum absolute atomic E-state index is 0.0308. The first-order valence-corrected chi connectivity index (χ1v) is 9.87. The molecular weight excluding hydrogens is 419 g/mol. The number of ether oxygens (including phenoxy) is 1. The predicted molar refractivity (Wildman–Crippen MR) is 110 cm³/mol. The van der Waals surface area contributed by atoms with E-state index in [1.54, 1.807) is 4.90 Å². The van der Waals surface area contributed by atoms with Gasteiger partial charge in [0.1, 0.15) is 0 Å². The molecule has 5 nitrogen and oxygen atoms in total. The first-order chi connectivity index (χ1) is 14.2. The average molecular weight is 442 g/mol. The van der Waals surface area contributed by atoms with Gasteiger partial charge in [0.25, 0.3) is 0 Å². The number of halogens is 4. The van der Waals surface area contributed by atoms with Crippen molar-refractivity contribution in [3.63, 3.8) is 0 Å². The van der Waals surface area contributed by atoms with E-state index in [0.29, 0.717) is 30.3 Å². The maximum atomic E-state index is 13.6. The second-order valence-electron chi connectivity index (χ2n) is 7.23. The summed E-state index contributed by atoms with van der Waals surface area (Å²) in [6.07, 6.45) is -8.07. The van der Waals surface area contributed by atoms with Gasteiger partial charge in [-0.15, -0.1) is 0 Å². The number of alkyl halides is 3. The van der Waals surface area contributed by atoms with Crippen LogP contribution in [0.3, 0.4) is 0 Å². The highest BCUT2D eigenvalue weighted by Gasteiger charge is 2.44. The molecule has 1 amide bonds. The van der Waals surface area contributed by atoms with Crippen molar-refractivity contribution in [1.29, 1.82) is 0 Å². The number of hydrogen-bond donors (Lipinski definition) is 1. The van der Waals surface area contributed by atoms with Gasteiger partial charge in [0.2, 0.25) is 6.10 Å². The third-order valence-electron chi connectivity index (χ3n) is 5.05. The van der Waals surface area contributed by atoms with Crippen molar-refractivity contribution >= 4 is 23.4 Å². The topological polar surface area (TPSA) is 44.8 Å². The normalized spacial score (nSPS) is 19.3. The van der Waals surface area contributed by atoms with Crippen molar-refractivity contribution in [2.45, 2.75) is 18.3 Å². The molecule has 3 rings (SSSR count). The van der Waals surface area contributed by atoms with Crippen LogP contribution in [-0.4, -0.2) is 61.4 Å². The molecular formula is C21H23ClF3N3O2. The zero-order valence-corrected chi connectivity index (χ0v) is 17.2. The van der Waals surface area contributed by atoms with Crippen LogP contribution in [0.4, 0.5) is 23.7 Å². The SMILES string of the molecule is CN1CCN(CC(OC(=O)Nc2ccc(Cl)cc2)C(F)(F)F)C[C@@H]1c1ccccc1. The summed E-state index contributed by atoms with van der Waals surface area (Å²) >= 11 is 5.77. The van der Waals surface area contributed by atoms with Gasteiger partial charge in [-0.2, -0.15) is 13.2 Å². The Bertz CT molecular complexity index is 834. The lowest BCUT2D eigenvalue weighted by molar-refractivity contribution is -0.208. The van der Waals surface area contributed by atoms with Crippen molar-refractivity contribution in [3.8, 4) is 0 Å². The van der Waals surface area contributed by atoms with Crippen LogP contribution >= 0.6 is 11.6 Å². The van der Waals surface area contributed by atoms with Crippen LogP contribution in [0.15, 0.2) is 54.6 Å². The molecule has 1 unspecified atom stereocenters. The largest absolute Gasteiger partial charge is 0.435 e. The van der Waals surface area contributed by atoms with E-state index < -0.39 is 24.9 Å². The molecule has 0 spiro atoms. The molecule has 2 aromatic carbocycles. The molecule has 0 aromatic heterocycles. The van der Waals surface area contributed by atoms with Crippen molar-refractivity contribution in [3.05, 3.63) is 65.2 Å². The Balaban J connectivity index is 1.64. The summed E-state index contributed by atoms with van der Waals surface area (Å²) in [7, 11) is 1.95. The summed E-state index contributed by atoms with van der Waals surface area (Å²) in [6.45, 7) is 1.06. The molecule has 0 saturated carbocycles. The van der Waals surface area contributed by atoms with Crippen LogP contribution < -0.4 is 5.32 Å². The van der Waals surface area contributed by atoms with Gasteiger partial charge in [-0.3, -0.25) is 15.1 Å². The number of benzene rings is 2. The lowest BCUT2D eigenvalue weighted by Gasteiger charge is -2.40. The Labute approximate surface area is 178 Å². The molecule has 162 valence electrons. The van der Waals surface area contributed by atoms with E-state index in [-0.39, 0.29) is 6.04 Å². The van der Waals surface area contributed by atoms with Gasteiger partial charge >= 0.3 is 12.3 Å². The molecule has 2 aromatic rings. The Morgan fingerprint density at radius 1 is 1.17 bits per heavy atom. The number of nitrogens with zero attached hydrogens (tertiary/aromatic N) is 2. The van der Waals surface area contributed by atoms with E-state index in [4.69, 9.17) is 16.3 Å². The Morgan fingerprint density at radius 2 is 1.83 bits per heavy atom. The number of hydrogen-bond acceptors (Lipinski definition) is 4. The van der Waals surface area contributed by atoms with E-state index in [0.717, 1.165) is 5.56 Å². The minimum atomic E-state index is -4.68.